The number of hydrogen-bond donors (Lipinski definition) is 1. The molecule has 0 saturated carbocycles. The van der Waals surface area contributed by atoms with Crippen LogP contribution >= 0.6 is 11.6 Å². The number of halogens is 1. The first-order valence-corrected chi connectivity index (χ1v) is 5.66. The molecule has 0 aliphatic rings. The van der Waals surface area contributed by atoms with E-state index in [4.69, 9.17) is 16.9 Å². The summed E-state index contributed by atoms with van der Waals surface area (Å²) in [7, 11) is 0. The number of hydrogen-bond acceptors (Lipinski definition) is 4. The molecule has 0 spiro atoms. The monoisotopic (exact) mass is 267 g/mol. The number of benzene rings is 1. The quantitative estimate of drug-likeness (QED) is 0.503. The fourth-order valence-corrected chi connectivity index (χ4v) is 1.43. The summed E-state index contributed by atoms with van der Waals surface area (Å²) < 4.78 is 0. The van der Waals surface area contributed by atoms with Crippen LogP contribution in [0.2, 0.25) is 0 Å². The Hall–Kier alpha value is -2.13. The van der Waals surface area contributed by atoms with Gasteiger partial charge in [-0.1, -0.05) is 0 Å². The molecule has 0 saturated heterocycles. The van der Waals surface area contributed by atoms with Gasteiger partial charge in [0.2, 0.25) is 5.91 Å². The number of carbonyl (C=O) groups is 1. The van der Waals surface area contributed by atoms with E-state index in [2.05, 4.69) is 5.32 Å². The Kier molecular flexibility index (Phi) is 5.08. The van der Waals surface area contributed by atoms with Gasteiger partial charge in [0.25, 0.3) is 5.69 Å². The van der Waals surface area contributed by atoms with E-state index >= 15 is 0 Å². The van der Waals surface area contributed by atoms with Crippen molar-refractivity contribution in [3.63, 3.8) is 0 Å². The van der Waals surface area contributed by atoms with Gasteiger partial charge < -0.3 is 5.32 Å². The van der Waals surface area contributed by atoms with Gasteiger partial charge in [0.15, 0.2) is 0 Å². The van der Waals surface area contributed by atoms with Crippen molar-refractivity contribution in [2.24, 2.45) is 0 Å². The third-order valence-electron chi connectivity index (χ3n) is 2.14. The van der Waals surface area contributed by atoms with E-state index in [1.165, 1.54) is 12.1 Å². The van der Waals surface area contributed by atoms with Crippen LogP contribution in [0.5, 0.6) is 0 Å². The number of nitriles is 1. The van der Waals surface area contributed by atoms with Crippen molar-refractivity contribution in [3.05, 3.63) is 33.9 Å². The molecule has 0 aromatic heterocycles. The van der Waals surface area contributed by atoms with E-state index in [0.29, 0.717) is 12.3 Å². The molecule has 6 nitrogen and oxygen atoms in total. The molecule has 0 radical (unpaired) electrons. The Morgan fingerprint density at radius 2 is 2.28 bits per heavy atom. The SMILES string of the molecule is N#Cc1ccc(NC(=O)CCCCl)c([N+](=O)[O-])c1. The first kappa shape index (κ1) is 13.9. The number of nitrogens with one attached hydrogen (secondary N) is 1. The van der Waals surface area contributed by atoms with Crippen LogP contribution in [0.15, 0.2) is 18.2 Å². The molecule has 1 rings (SSSR count). The Morgan fingerprint density at radius 3 is 2.83 bits per heavy atom. The molecule has 0 aliphatic carbocycles. The number of carbonyl (C=O) groups excluding carboxylic acids is 1. The van der Waals surface area contributed by atoms with Gasteiger partial charge in [-0.15, -0.1) is 11.6 Å². The van der Waals surface area contributed by atoms with Crippen LogP contribution in [-0.4, -0.2) is 16.7 Å². The minimum atomic E-state index is -0.641. The molecule has 1 amide bonds. The lowest BCUT2D eigenvalue weighted by Crippen LogP contribution is -2.12. The van der Waals surface area contributed by atoms with Gasteiger partial charge in [0.05, 0.1) is 16.6 Å². The van der Waals surface area contributed by atoms with Crippen LogP contribution < -0.4 is 5.32 Å². The number of anilines is 1. The lowest BCUT2D eigenvalue weighted by molar-refractivity contribution is -0.383. The zero-order chi connectivity index (χ0) is 13.5. The minimum absolute atomic E-state index is 0.0820. The number of nitro benzene ring substituents is 1. The van der Waals surface area contributed by atoms with Gasteiger partial charge in [0, 0.05) is 18.4 Å². The summed E-state index contributed by atoms with van der Waals surface area (Å²) in [6, 6.07) is 5.67. The Morgan fingerprint density at radius 1 is 1.56 bits per heavy atom. The van der Waals surface area contributed by atoms with Crippen molar-refractivity contribution in [2.45, 2.75) is 12.8 Å². The van der Waals surface area contributed by atoms with Crippen LogP contribution in [0.25, 0.3) is 0 Å². The third kappa shape index (κ3) is 3.71. The van der Waals surface area contributed by atoms with Crippen LogP contribution in [0.3, 0.4) is 0 Å². The highest BCUT2D eigenvalue weighted by Gasteiger charge is 2.16. The first-order chi connectivity index (χ1) is 8.58. The molecule has 1 N–H and O–H groups in total. The second-order valence-electron chi connectivity index (χ2n) is 3.44. The van der Waals surface area contributed by atoms with Crippen molar-refractivity contribution in [1.29, 1.82) is 5.26 Å². The van der Waals surface area contributed by atoms with E-state index in [9.17, 15) is 14.9 Å². The highest BCUT2D eigenvalue weighted by Crippen LogP contribution is 2.25. The summed E-state index contributed by atoms with van der Waals surface area (Å²) in [4.78, 5) is 21.6. The highest BCUT2D eigenvalue weighted by atomic mass is 35.5. The molecular weight excluding hydrogens is 258 g/mol. The number of rotatable bonds is 5. The maximum Gasteiger partial charge on any atom is 0.294 e. The molecule has 1 aromatic rings. The Balaban J connectivity index is 2.92. The van der Waals surface area contributed by atoms with Gasteiger partial charge in [-0.2, -0.15) is 5.26 Å². The van der Waals surface area contributed by atoms with E-state index in [1.807, 2.05) is 0 Å². The predicted molar refractivity (Wildman–Crippen MR) is 66.4 cm³/mol. The molecule has 1 aromatic carbocycles. The fraction of sp³-hybridized carbons (Fsp3) is 0.273. The van der Waals surface area contributed by atoms with Crippen molar-refractivity contribution in [2.75, 3.05) is 11.2 Å². The standard InChI is InChI=1S/C11H10ClN3O3/c12-5-1-2-11(16)14-9-4-3-8(7-13)6-10(9)15(17)18/h3-4,6H,1-2,5H2,(H,14,16). The zero-order valence-electron chi connectivity index (χ0n) is 9.35. The third-order valence-corrected chi connectivity index (χ3v) is 2.40. The number of amides is 1. The molecule has 0 unspecified atom stereocenters. The van der Waals surface area contributed by atoms with Crippen molar-refractivity contribution in [3.8, 4) is 6.07 Å². The topological polar surface area (TPSA) is 96.0 Å². The van der Waals surface area contributed by atoms with Gasteiger partial charge in [0.1, 0.15) is 5.69 Å². The van der Waals surface area contributed by atoms with Gasteiger partial charge in [-0.25, -0.2) is 0 Å². The van der Waals surface area contributed by atoms with E-state index in [0.717, 1.165) is 6.07 Å². The molecular formula is C11H10ClN3O3. The lowest BCUT2D eigenvalue weighted by atomic mass is 10.2. The molecule has 0 bridgehead atoms. The second kappa shape index (κ2) is 6.57. The maximum absolute atomic E-state index is 11.4. The van der Waals surface area contributed by atoms with Crippen LogP contribution in [0.4, 0.5) is 11.4 Å². The van der Waals surface area contributed by atoms with Gasteiger partial charge >= 0.3 is 0 Å². The average molecular weight is 268 g/mol. The molecule has 7 heteroatoms. The first-order valence-electron chi connectivity index (χ1n) is 5.13. The molecule has 0 heterocycles. The van der Waals surface area contributed by atoms with Crippen molar-refractivity contribution < 1.29 is 9.72 Å². The van der Waals surface area contributed by atoms with Crippen molar-refractivity contribution >= 4 is 28.9 Å². The van der Waals surface area contributed by atoms with Gasteiger partial charge in [-0.3, -0.25) is 14.9 Å². The summed E-state index contributed by atoms with van der Waals surface area (Å²) in [6.07, 6.45) is 0.693. The number of nitrogens with zero attached hydrogens (tertiary/aromatic N) is 2. The Labute approximate surface area is 108 Å². The van der Waals surface area contributed by atoms with Crippen LogP contribution in [0.1, 0.15) is 18.4 Å². The van der Waals surface area contributed by atoms with E-state index < -0.39 is 4.92 Å². The summed E-state index contributed by atoms with van der Waals surface area (Å²) in [5, 5.41) is 21.9. The summed E-state index contributed by atoms with van der Waals surface area (Å²) in [6.45, 7) is 0. The molecule has 18 heavy (non-hydrogen) atoms. The minimum Gasteiger partial charge on any atom is -0.320 e. The van der Waals surface area contributed by atoms with Crippen LogP contribution in [0, 0.1) is 21.4 Å². The predicted octanol–water partition coefficient (Wildman–Crippen LogP) is 2.42. The number of nitro groups is 1. The Bertz CT molecular complexity index is 511. The fourth-order valence-electron chi connectivity index (χ4n) is 1.30. The normalized spacial score (nSPS) is 9.56. The average Bonchev–Trinajstić information content (AvgIpc) is 2.36. The molecule has 0 atom stereocenters. The van der Waals surface area contributed by atoms with Crippen LogP contribution in [-0.2, 0) is 4.79 Å². The molecule has 0 aliphatic heterocycles. The second-order valence-corrected chi connectivity index (χ2v) is 3.82. The largest absolute Gasteiger partial charge is 0.320 e. The number of alkyl halides is 1. The summed E-state index contributed by atoms with van der Waals surface area (Å²) in [5.74, 6) is 0.00606. The zero-order valence-corrected chi connectivity index (χ0v) is 10.1. The molecule has 94 valence electrons. The van der Waals surface area contributed by atoms with Crippen molar-refractivity contribution in [1.82, 2.24) is 0 Å². The summed E-state index contributed by atoms with van der Waals surface area (Å²) in [5.41, 5.74) is -0.0488. The maximum atomic E-state index is 11.4. The lowest BCUT2D eigenvalue weighted by Gasteiger charge is -2.05. The van der Waals surface area contributed by atoms with Gasteiger partial charge in [-0.05, 0) is 18.6 Å². The highest BCUT2D eigenvalue weighted by molar-refractivity contribution is 6.18. The smallest absolute Gasteiger partial charge is 0.294 e. The van der Waals surface area contributed by atoms with E-state index in [-0.39, 0.29) is 29.3 Å². The molecule has 0 fully saturated rings. The summed E-state index contributed by atoms with van der Waals surface area (Å²) >= 11 is 5.45. The van der Waals surface area contributed by atoms with E-state index in [1.54, 1.807) is 6.07 Å².